The fourth-order valence-corrected chi connectivity index (χ4v) is 4.19. The zero-order chi connectivity index (χ0) is 23.5. The van der Waals surface area contributed by atoms with Crippen LogP contribution in [0.2, 0.25) is 5.02 Å². The maximum Gasteiger partial charge on any atom is 0.294 e. The predicted molar refractivity (Wildman–Crippen MR) is 130 cm³/mol. The molecule has 0 spiro atoms. The fraction of sp³-hybridized carbons (Fsp3) is 0.0870. The van der Waals surface area contributed by atoms with E-state index in [4.69, 9.17) is 11.6 Å². The molecule has 33 heavy (non-hydrogen) atoms. The van der Waals surface area contributed by atoms with Crippen LogP contribution in [0.5, 0.6) is 0 Å². The summed E-state index contributed by atoms with van der Waals surface area (Å²) in [6, 6.07) is 18.4. The van der Waals surface area contributed by atoms with Gasteiger partial charge in [-0.25, -0.2) is 4.98 Å². The van der Waals surface area contributed by atoms with Crippen molar-refractivity contribution in [2.75, 3.05) is 11.1 Å². The van der Waals surface area contributed by atoms with Gasteiger partial charge in [-0.1, -0.05) is 53.2 Å². The molecular weight excluding hydrogens is 464 g/mol. The Kier molecular flexibility index (Phi) is 6.43. The molecule has 8 nitrogen and oxygen atoms in total. The lowest BCUT2D eigenvalue weighted by atomic mass is 10.2. The number of halogens is 1. The van der Waals surface area contributed by atoms with Crippen molar-refractivity contribution < 1.29 is 9.72 Å². The number of rotatable bonds is 6. The molecule has 0 unspecified atom stereocenters. The van der Waals surface area contributed by atoms with Crippen LogP contribution in [0.1, 0.15) is 5.56 Å². The number of hydrogen-bond acceptors (Lipinski definition) is 6. The second-order valence-electron chi connectivity index (χ2n) is 7.14. The van der Waals surface area contributed by atoms with Crippen LogP contribution in [0.3, 0.4) is 0 Å². The number of fused-ring (bicyclic) bond motifs is 1. The summed E-state index contributed by atoms with van der Waals surface area (Å²) in [5.74, 6) is -0.598. The Labute approximate surface area is 197 Å². The topological polar surface area (TPSA) is 107 Å². The van der Waals surface area contributed by atoms with Gasteiger partial charge in [-0.15, -0.1) is 0 Å². The molecule has 1 amide bonds. The summed E-state index contributed by atoms with van der Waals surface area (Å²) in [6.45, 7) is 1.95. The van der Waals surface area contributed by atoms with E-state index in [1.54, 1.807) is 24.3 Å². The number of nitro benzene ring substituents is 1. The average molecular weight is 481 g/mol. The van der Waals surface area contributed by atoms with Gasteiger partial charge in [-0.2, -0.15) is 0 Å². The first-order chi connectivity index (χ1) is 15.8. The van der Waals surface area contributed by atoms with Gasteiger partial charge in [0.15, 0.2) is 5.16 Å². The zero-order valence-corrected chi connectivity index (χ0v) is 18.9. The third-order valence-corrected chi connectivity index (χ3v) is 5.97. The van der Waals surface area contributed by atoms with Crippen LogP contribution in [-0.2, 0) is 4.79 Å². The molecule has 3 aromatic carbocycles. The number of amides is 1. The normalized spacial score (nSPS) is 10.8. The molecule has 1 N–H and O–H groups in total. The van der Waals surface area contributed by atoms with Gasteiger partial charge in [0.25, 0.3) is 11.2 Å². The summed E-state index contributed by atoms with van der Waals surface area (Å²) in [5.41, 5.74) is 1.67. The SMILES string of the molecule is Cc1ccc(-n2c(SCC(=O)Nc3ccc(Cl)cc3[N+](=O)[O-])nc3ccccc3c2=O)cc1. The van der Waals surface area contributed by atoms with Crippen LogP contribution in [0, 0.1) is 17.0 Å². The number of aromatic nitrogens is 2. The molecule has 0 atom stereocenters. The van der Waals surface area contributed by atoms with E-state index in [1.165, 1.54) is 22.8 Å². The van der Waals surface area contributed by atoms with Gasteiger partial charge in [-0.05, 0) is 43.3 Å². The third kappa shape index (κ3) is 4.89. The Hall–Kier alpha value is -3.69. The number of carbonyl (C=O) groups excluding carboxylic acids is 1. The Morgan fingerprint density at radius 2 is 1.88 bits per heavy atom. The number of para-hydroxylation sites is 1. The van der Waals surface area contributed by atoms with Crippen molar-refractivity contribution in [2.24, 2.45) is 0 Å². The number of carbonyl (C=O) groups is 1. The highest BCUT2D eigenvalue weighted by Crippen LogP contribution is 2.28. The summed E-state index contributed by atoms with van der Waals surface area (Å²) >= 11 is 6.89. The maximum absolute atomic E-state index is 13.2. The Morgan fingerprint density at radius 3 is 2.61 bits per heavy atom. The Morgan fingerprint density at radius 1 is 1.15 bits per heavy atom. The van der Waals surface area contributed by atoms with Crippen molar-refractivity contribution in [3.05, 3.63) is 97.8 Å². The van der Waals surface area contributed by atoms with E-state index in [0.717, 1.165) is 17.3 Å². The van der Waals surface area contributed by atoms with Crippen LogP contribution in [0.15, 0.2) is 76.7 Å². The molecule has 0 radical (unpaired) electrons. The van der Waals surface area contributed by atoms with Gasteiger partial charge in [0.05, 0.1) is 27.3 Å². The van der Waals surface area contributed by atoms with E-state index < -0.39 is 10.8 Å². The number of benzene rings is 3. The van der Waals surface area contributed by atoms with Crippen LogP contribution < -0.4 is 10.9 Å². The lowest BCUT2D eigenvalue weighted by Crippen LogP contribution is -2.23. The fourth-order valence-electron chi connectivity index (χ4n) is 3.21. The molecule has 0 aliphatic rings. The minimum atomic E-state index is -0.616. The highest BCUT2D eigenvalue weighted by Gasteiger charge is 2.18. The first kappa shape index (κ1) is 22.5. The number of hydrogen-bond donors (Lipinski definition) is 1. The highest BCUT2D eigenvalue weighted by atomic mass is 35.5. The number of thioether (sulfide) groups is 1. The summed E-state index contributed by atoms with van der Waals surface area (Å²) < 4.78 is 1.46. The molecular formula is C23H17ClN4O4S. The number of anilines is 1. The van der Waals surface area contributed by atoms with Crippen LogP contribution in [0.25, 0.3) is 16.6 Å². The van der Waals surface area contributed by atoms with Crippen molar-refractivity contribution in [3.63, 3.8) is 0 Å². The summed E-state index contributed by atoms with van der Waals surface area (Å²) in [6.07, 6.45) is 0. The van der Waals surface area contributed by atoms with Gasteiger partial charge >= 0.3 is 0 Å². The Balaban J connectivity index is 1.65. The molecule has 0 aliphatic heterocycles. The standard InChI is InChI=1S/C23H17ClN4O4S/c1-14-6-9-16(10-7-14)27-22(30)17-4-2-3-5-18(17)26-23(27)33-13-21(29)25-19-11-8-15(24)12-20(19)28(31)32/h2-12H,13H2,1H3,(H,25,29). The van der Waals surface area contributed by atoms with Crippen molar-refractivity contribution in [3.8, 4) is 5.69 Å². The van der Waals surface area contributed by atoms with Crippen molar-refractivity contribution in [2.45, 2.75) is 12.1 Å². The maximum atomic E-state index is 13.2. The summed E-state index contributed by atoms with van der Waals surface area (Å²) in [5, 5.41) is 14.8. The largest absolute Gasteiger partial charge is 0.320 e. The molecule has 4 aromatic rings. The predicted octanol–water partition coefficient (Wildman–Crippen LogP) is 4.99. The molecule has 1 aromatic heterocycles. The van der Waals surface area contributed by atoms with Crippen LogP contribution in [-0.4, -0.2) is 26.1 Å². The van der Waals surface area contributed by atoms with Crippen LogP contribution in [0.4, 0.5) is 11.4 Å². The summed E-state index contributed by atoms with van der Waals surface area (Å²) in [7, 11) is 0. The van der Waals surface area contributed by atoms with E-state index in [1.807, 2.05) is 31.2 Å². The van der Waals surface area contributed by atoms with E-state index in [2.05, 4.69) is 10.3 Å². The van der Waals surface area contributed by atoms with Gasteiger partial charge in [0, 0.05) is 11.1 Å². The molecule has 0 fully saturated rings. The van der Waals surface area contributed by atoms with Gasteiger partial charge in [0.2, 0.25) is 5.91 Å². The van der Waals surface area contributed by atoms with Crippen LogP contribution >= 0.6 is 23.4 Å². The molecule has 0 saturated heterocycles. The monoisotopic (exact) mass is 480 g/mol. The number of nitrogens with one attached hydrogen (secondary N) is 1. The van der Waals surface area contributed by atoms with Gasteiger partial charge < -0.3 is 5.32 Å². The minimum Gasteiger partial charge on any atom is -0.320 e. The molecule has 4 rings (SSSR count). The highest BCUT2D eigenvalue weighted by molar-refractivity contribution is 7.99. The molecule has 166 valence electrons. The van der Waals surface area contributed by atoms with Crippen molar-refractivity contribution in [1.82, 2.24) is 9.55 Å². The van der Waals surface area contributed by atoms with E-state index in [-0.39, 0.29) is 27.7 Å². The minimum absolute atomic E-state index is 0.0393. The lowest BCUT2D eigenvalue weighted by molar-refractivity contribution is -0.383. The molecule has 0 bridgehead atoms. The number of aryl methyl sites for hydroxylation is 1. The number of nitrogens with zero attached hydrogens (tertiary/aromatic N) is 3. The Bertz CT molecular complexity index is 1440. The van der Waals surface area contributed by atoms with E-state index in [0.29, 0.717) is 21.7 Å². The zero-order valence-electron chi connectivity index (χ0n) is 17.3. The smallest absolute Gasteiger partial charge is 0.294 e. The second kappa shape index (κ2) is 9.43. The molecule has 10 heteroatoms. The quantitative estimate of drug-likeness (QED) is 0.180. The first-order valence-electron chi connectivity index (χ1n) is 9.79. The van der Waals surface area contributed by atoms with Gasteiger partial charge in [0.1, 0.15) is 5.69 Å². The van der Waals surface area contributed by atoms with Crippen molar-refractivity contribution in [1.29, 1.82) is 0 Å². The van der Waals surface area contributed by atoms with E-state index >= 15 is 0 Å². The number of nitro groups is 1. The molecule has 1 heterocycles. The molecule has 0 saturated carbocycles. The third-order valence-electron chi connectivity index (χ3n) is 4.80. The lowest BCUT2D eigenvalue weighted by Gasteiger charge is -2.13. The first-order valence-corrected chi connectivity index (χ1v) is 11.2. The van der Waals surface area contributed by atoms with Gasteiger partial charge in [-0.3, -0.25) is 24.3 Å². The molecule has 0 aliphatic carbocycles. The van der Waals surface area contributed by atoms with E-state index in [9.17, 15) is 19.7 Å². The average Bonchev–Trinajstić information content (AvgIpc) is 2.80. The second-order valence-corrected chi connectivity index (χ2v) is 8.52. The summed E-state index contributed by atoms with van der Waals surface area (Å²) in [4.78, 5) is 41.1. The van der Waals surface area contributed by atoms with Crippen molar-refractivity contribution >= 4 is 51.5 Å².